The molecule has 0 spiro atoms. The summed E-state index contributed by atoms with van der Waals surface area (Å²) in [6.45, 7) is -0.708. The molecular weight excluding hydrogens is 348 g/mol. The van der Waals surface area contributed by atoms with E-state index in [0.717, 1.165) is 0 Å². The fourth-order valence-corrected chi connectivity index (χ4v) is 1.88. The van der Waals surface area contributed by atoms with E-state index >= 15 is 0 Å². The lowest BCUT2D eigenvalue weighted by atomic mass is 10.1. The van der Waals surface area contributed by atoms with Crippen LogP contribution in [0.5, 0.6) is 0 Å². The van der Waals surface area contributed by atoms with E-state index in [0.29, 0.717) is 4.47 Å². The average Bonchev–Trinajstić information content (AvgIpc) is 2.26. The van der Waals surface area contributed by atoms with Gasteiger partial charge in [-0.2, -0.15) is 8.78 Å². The van der Waals surface area contributed by atoms with E-state index < -0.39 is 18.4 Å². The molecule has 6 heteroatoms. The Kier molecular flexibility index (Phi) is 4.86. The van der Waals surface area contributed by atoms with Gasteiger partial charge in [0.05, 0.1) is 11.9 Å². The van der Waals surface area contributed by atoms with Crippen LogP contribution in [-0.4, -0.2) is 17.8 Å². The normalized spacial score (nSPS) is 11.2. The van der Waals surface area contributed by atoms with Gasteiger partial charge >= 0.3 is 0 Å². The maximum atomic E-state index is 13.7. The standard InChI is InChI=1S/C10H9Br2F2NO/c11-5-9(16)15-6-10(13,14)7-3-1-2-4-8(7)12/h1-4H,5-6H2,(H,15,16). The molecule has 0 aliphatic rings. The molecule has 0 aliphatic heterocycles. The lowest BCUT2D eigenvalue weighted by Gasteiger charge is -2.18. The van der Waals surface area contributed by atoms with Crippen molar-refractivity contribution < 1.29 is 13.6 Å². The molecule has 0 atom stereocenters. The summed E-state index contributed by atoms with van der Waals surface area (Å²) < 4.78 is 27.6. The SMILES string of the molecule is O=C(CBr)NCC(F)(F)c1ccccc1Br. The van der Waals surface area contributed by atoms with Gasteiger partial charge in [-0.25, -0.2) is 0 Å². The molecule has 0 aliphatic carbocycles. The molecular formula is C10H9Br2F2NO. The summed E-state index contributed by atoms with van der Waals surface area (Å²) in [6, 6.07) is 6.04. The minimum Gasteiger partial charge on any atom is -0.349 e. The molecule has 16 heavy (non-hydrogen) atoms. The third-order valence-corrected chi connectivity index (χ3v) is 3.10. The van der Waals surface area contributed by atoms with Crippen molar-refractivity contribution in [2.75, 3.05) is 11.9 Å². The summed E-state index contributed by atoms with van der Waals surface area (Å²) in [5.74, 6) is -3.55. The summed E-state index contributed by atoms with van der Waals surface area (Å²) >= 11 is 5.94. The van der Waals surface area contributed by atoms with Gasteiger partial charge in [-0.1, -0.05) is 50.1 Å². The van der Waals surface area contributed by atoms with Gasteiger partial charge in [0.25, 0.3) is 5.92 Å². The van der Waals surface area contributed by atoms with Crippen LogP contribution in [-0.2, 0) is 10.7 Å². The number of amides is 1. The van der Waals surface area contributed by atoms with E-state index in [4.69, 9.17) is 0 Å². The summed E-state index contributed by atoms with van der Waals surface area (Å²) in [4.78, 5) is 10.9. The molecule has 1 aromatic carbocycles. The largest absolute Gasteiger partial charge is 0.349 e. The number of benzene rings is 1. The number of nitrogens with one attached hydrogen (secondary N) is 1. The Labute approximate surface area is 109 Å². The Morgan fingerprint density at radius 3 is 2.56 bits per heavy atom. The first-order valence-corrected chi connectivity index (χ1v) is 6.34. The van der Waals surface area contributed by atoms with E-state index in [9.17, 15) is 13.6 Å². The van der Waals surface area contributed by atoms with Crippen molar-refractivity contribution in [3.63, 3.8) is 0 Å². The van der Waals surface area contributed by atoms with Gasteiger partial charge in [-0.3, -0.25) is 4.79 Å². The Morgan fingerprint density at radius 1 is 1.38 bits per heavy atom. The second-order valence-electron chi connectivity index (χ2n) is 3.09. The van der Waals surface area contributed by atoms with Gasteiger partial charge in [0.1, 0.15) is 0 Å². The van der Waals surface area contributed by atoms with Crippen LogP contribution < -0.4 is 5.32 Å². The van der Waals surface area contributed by atoms with Crippen LogP contribution in [0.2, 0.25) is 0 Å². The number of halogens is 4. The molecule has 0 saturated carbocycles. The lowest BCUT2D eigenvalue weighted by Crippen LogP contribution is -2.35. The average molecular weight is 357 g/mol. The van der Waals surface area contributed by atoms with Gasteiger partial charge in [-0.15, -0.1) is 0 Å². The van der Waals surface area contributed by atoms with Crippen LogP contribution in [0.1, 0.15) is 5.56 Å². The first kappa shape index (κ1) is 13.6. The molecule has 0 bridgehead atoms. The smallest absolute Gasteiger partial charge is 0.291 e. The van der Waals surface area contributed by atoms with E-state index in [2.05, 4.69) is 37.2 Å². The van der Waals surface area contributed by atoms with Gasteiger partial charge < -0.3 is 5.32 Å². The Balaban J connectivity index is 2.77. The molecule has 1 aromatic rings. The molecule has 0 saturated heterocycles. The Hall–Kier alpha value is -0.490. The molecule has 0 fully saturated rings. The number of hydrogen-bond acceptors (Lipinski definition) is 1. The topological polar surface area (TPSA) is 29.1 Å². The highest BCUT2D eigenvalue weighted by atomic mass is 79.9. The lowest BCUT2D eigenvalue weighted by molar-refractivity contribution is -0.120. The minimum absolute atomic E-state index is 0.0129. The number of alkyl halides is 3. The van der Waals surface area contributed by atoms with Crippen LogP contribution in [0.3, 0.4) is 0 Å². The molecule has 1 amide bonds. The number of hydrogen-bond donors (Lipinski definition) is 1. The molecule has 0 heterocycles. The van der Waals surface area contributed by atoms with Gasteiger partial charge in [0, 0.05) is 10.0 Å². The van der Waals surface area contributed by atoms with E-state index in [1.807, 2.05) is 0 Å². The van der Waals surface area contributed by atoms with Crippen molar-refractivity contribution in [3.05, 3.63) is 34.3 Å². The number of carbonyl (C=O) groups excluding carboxylic acids is 1. The first-order valence-electron chi connectivity index (χ1n) is 4.43. The highest BCUT2D eigenvalue weighted by Crippen LogP contribution is 2.32. The predicted octanol–water partition coefficient (Wildman–Crippen LogP) is 3.05. The Bertz CT molecular complexity index is 385. The summed E-state index contributed by atoms with van der Waals surface area (Å²) in [7, 11) is 0. The number of rotatable bonds is 4. The molecule has 1 rings (SSSR count). The van der Waals surface area contributed by atoms with Crippen LogP contribution in [0.25, 0.3) is 0 Å². The van der Waals surface area contributed by atoms with Crippen molar-refractivity contribution in [1.82, 2.24) is 5.32 Å². The quantitative estimate of drug-likeness (QED) is 0.825. The van der Waals surface area contributed by atoms with Crippen molar-refractivity contribution in [2.45, 2.75) is 5.92 Å². The fraction of sp³-hybridized carbons (Fsp3) is 0.300. The monoisotopic (exact) mass is 355 g/mol. The molecule has 0 aromatic heterocycles. The Morgan fingerprint density at radius 2 is 2.00 bits per heavy atom. The van der Waals surface area contributed by atoms with Crippen molar-refractivity contribution >= 4 is 37.8 Å². The van der Waals surface area contributed by atoms with E-state index in [-0.39, 0.29) is 10.9 Å². The van der Waals surface area contributed by atoms with Crippen LogP contribution in [0.4, 0.5) is 8.78 Å². The highest BCUT2D eigenvalue weighted by Gasteiger charge is 2.33. The van der Waals surface area contributed by atoms with E-state index in [1.165, 1.54) is 18.2 Å². The van der Waals surface area contributed by atoms with Gasteiger partial charge in [0.2, 0.25) is 5.91 Å². The maximum absolute atomic E-state index is 13.7. The molecule has 88 valence electrons. The summed E-state index contributed by atoms with van der Waals surface area (Å²) in [6.07, 6.45) is 0. The maximum Gasteiger partial charge on any atom is 0.291 e. The third-order valence-electron chi connectivity index (χ3n) is 1.90. The van der Waals surface area contributed by atoms with E-state index in [1.54, 1.807) is 6.07 Å². The second-order valence-corrected chi connectivity index (χ2v) is 4.51. The second kappa shape index (κ2) is 5.72. The summed E-state index contributed by atoms with van der Waals surface area (Å²) in [5, 5.41) is 2.15. The fourth-order valence-electron chi connectivity index (χ4n) is 1.11. The van der Waals surface area contributed by atoms with Crippen LogP contribution >= 0.6 is 31.9 Å². The number of carbonyl (C=O) groups is 1. The van der Waals surface area contributed by atoms with Gasteiger partial charge in [0.15, 0.2) is 0 Å². The van der Waals surface area contributed by atoms with Crippen molar-refractivity contribution in [1.29, 1.82) is 0 Å². The summed E-state index contributed by atoms with van der Waals surface area (Å²) in [5.41, 5.74) is -0.134. The van der Waals surface area contributed by atoms with Crippen molar-refractivity contribution in [2.24, 2.45) is 0 Å². The molecule has 1 N–H and O–H groups in total. The van der Waals surface area contributed by atoms with Crippen LogP contribution in [0, 0.1) is 0 Å². The highest BCUT2D eigenvalue weighted by molar-refractivity contribution is 9.10. The van der Waals surface area contributed by atoms with Crippen molar-refractivity contribution in [3.8, 4) is 0 Å². The third kappa shape index (κ3) is 3.52. The van der Waals surface area contributed by atoms with Crippen LogP contribution in [0.15, 0.2) is 28.7 Å². The molecule has 0 radical (unpaired) electrons. The predicted molar refractivity (Wildman–Crippen MR) is 64.8 cm³/mol. The molecule has 0 unspecified atom stereocenters. The van der Waals surface area contributed by atoms with Gasteiger partial charge in [-0.05, 0) is 6.07 Å². The molecule has 2 nitrogen and oxygen atoms in total. The minimum atomic E-state index is -3.09. The first-order chi connectivity index (χ1) is 7.47. The zero-order chi connectivity index (χ0) is 12.2. The zero-order valence-electron chi connectivity index (χ0n) is 8.14. The zero-order valence-corrected chi connectivity index (χ0v) is 11.3.